The van der Waals surface area contributed by atoms with Crippen LogP contribution in [0, 0.1) is 0 Å². The fraction of sp³-hybridized carbons (Fsp3) is 0.0909. The number of hydrogen-bond acceptors (Lipinski definition) is 3. The van der Waals surface area contributed by atoms with Crippen LogP contribution >= 0.6 is 11.3 Å². The largest absolute Gasteiger partial charge is 0.345 e. The van der Waals surface area contributed by atoms with Gasteiger partial charge < -0.3 is 9.88 Å². The molecule has 0 aliphatic heterocycles. The van der Waals surface area contributed by atoms with Gasteiger partial charge in [0.05, 0.1) is 17.2 Å². The first-order valence-corrected chi connectivity index (χ1v) is 9.62. The first-order chi connectivity index (χ1) is 13.2. The first-order valence-electron chi connectivity index (χ1n) is 8.74. The summed E-state index contributed by atoms with van der Waals surface area (Å²) >= 11 is 1.47. The van der Waals surface area contributed by atoms with Gasteiger partial charge in [0.1, 0.15) is 0 Å². The Bertz CT molecular complexity index is 1020. The van der Waals surface area contributed by atoms with Gasteiger partial charge >= 0.3 is 0 Å². The molecule has 0 spiro atoms. The fourth-order valence-corrected chi connectivity index (χ4v) is 3.84. The highest BCUT2D eigenvalue weighted by Gasteiger charge is 2.17. The number of imidazole rings is 1. The lowest BCUT2D eigenvalue weighted by Crippen LogP contribution is -2.26. The number of hydrogen-bond donors (Lipinski definition) is 1. The van der Waals surface area contributed by atoms with Gasteiger partial charge in [-0.15, -0.1) is 11.3 Å². The minimum absolute atomic E-state index is 0.0463. The third kappa shape index (κ3) is 3.68. The van der Waals surface area contributed by atoms with E-state index < -0.39 is 0 Å². The Morgan fingerprint density at radius 3 is 2.56 bits per heavy atom. The summed E-state index contributed by atoms with van der Waals surface area (Å²) in [6.45, 7) is 2.00. The molecule has 4 nitrogen and oxygen atoms in total. The Morgan fingerprint density at radius 1 is 1.07 bits per heavy atom. The lowest BCUT2D eigenvalue weighted by atomic mass is 10.1. The van der Waals surface area contributed by atoms with Crippen LogP contribution in [0.4, 0.5) is 0 Å². The third-order valence-corrected chi connectivity index (χ3v) is 5.41. The van der Waals surface area contributed by atoms with Crippen molar-refractivity contribution >= 4 is 17.2 Å². The normalized spacial score (nSPS) is 11.9. The van der Waals surface area contributed by atoms with E-state index in [2.05, 4.69) is 10.3 Å². The molecule has 2 aromatic carbocycles. The zero-order valence-electron chi connectivity index (χ0n) is 14.9. The molecule has 4 rings (SSSR count). The van der Waals surface area contributed by atoms with Crippen molar-refractivity contribution < 1.29 is 4.79 Å². The van der Waals surface area contributed by atoms with Gasteiger partial charge in [-0.25, -0.2) is 4.98 Å². The Hall–Kier alpha value is -3.18. The average Bonchev–Trinajstić information content (AvgIpc) is 3.41. The number of benzene rings is 2. The van der Waals surface area contributed by atoms with Gasteiger partial charge in [-0.3, -0.25) is 4.79 Å². The summed E-state index contributed by atoms with van der Waals surface area (Å²) < 4.78 is 1.95. The van der Waals surface area contributed by atoms with Crippen LogP contribution < -0.4 is 5.32 Å². The number of nitrogens with zero attached hydrogens (tertiary/aromatic N) is 2. The molecule has 0 bridgehead atoms. The van der Waals surface area contributed by atoms with Crippen LogP contribution in [0.25, 0.3) is 16.8 Å². The Kier molecular flexibility index (Phi) is 4.85. The number of aromatic nitrogens is 2. The second kappa shape index (κ2) is 7.60. The molecule has 27 heavy (non-hydrogen) atoms. The summed E-state index contributed by atoms with van der Waals surface area (Å²) in [6, 6.07) is 20.0. The monoisotopic (exact) mass is 373 g/mol. The van der Waals surface area contributed by atoms with Gasteiger partial charge in [0.25, 0.3) is 5.91 Å². The van der Waals surface area contributed by atoms with E-state index in [0.717, 1.165) is 27.3 Å². The van der Waals surface area contributed by atoms with Crippen molar-refractivity contribution in [3.05, 3.63) is 95.2 Å². The zero-order valence-corrected chi connectivity index (χ0v) is 15.7. The van der Waals surface area contributed by atoms with Crippen molar-refractivity contribution in [1.29, 1.82) is 0 Å². The van der Waals surface area contributed by atoms with Crippen molar-refractivity contribution in [2.45, 2.75) is 13.0 Å². The molecular weight excluding hydrogens is 354 g/mol. The van der Waals surface area contributed by atoms with Crippen LogP contribution in [0.5, 0.6) is 0 Å². The summed E-state index contributed by atoms with van der Waals surface area (Å²) in [7, 11) is 0. The fourth-order valence-electron chi connectivity index (χ4n) is 3.02. The van der Waals surface area contributed by atoms with Crippen molar-refractivity contribution in [3.63, 3.8) is 0 Å². The molecule has 0 saturated carbocycles. The van der Waals surface area contributed by atoms with Crippen molar-refractivity contribution in [2.24, 2.45) is 0 Å². The van der Waals surface area contributed by atoms with Crippen molar-refractivity contribution in [1.82, 2.24) is 14.9 Å². The molecule has 1 amide bonds. The summed E-state index contributed by atoms with van der Waals surface area (Å²) in [6.07, 6.45) is 5.42. The predicted octanol–water partition coefficient (Wildman–Crippen LogP) is 5.09. The molecule has 5 heteroatoms. The molecule has 4 aromatic rings. The van der Waals surface area contributed by atoms with E-state index in [9.17, 15) is 4.79 Å². The number of rotatable bonds is 5. The second-order valence-corrected chi connectivity index (χ2v) is 7.20. The van der Waals surface area contributed by atoms with E-state index in [-0.39, 0.29) is 11.9 Å². The average molecular weight is 373 g/mol. The lowest BCUT2D eigenvalue weighted by Gasteiger charge is -2.15. The maximum atomic E-state index is 12.8. The van der Waals surface area contributed by atoms with Crippen LogP contribution in [-0.4, -0.2) is 15.5 Å². The van der Waals surface area contributed by atoms with Gasteiger partial charge in [-0.05, 0) is 41.6 Å². The Labute approximate surface area is 162 Å². The molecule has 1 unspecified atom stereocenters. The molecule has 0 fully saturated rings. The smallest absolute Gasteiger partial charge is 0.262 e. The van der Waals surface area contributed by atoms with E-state index in [4.69, 9.17) is 0 Å². The standard InChI is InChI=1S/C22H19N3OS/c1-16(17-7-9-19(10-8-17)25-13-12-23-15-25)24-22(26)21-20(11-14-27-21)18-5-3-2-4-6-18/h2-16H,1H3,(H,24,26). The van der Waals surface area contributed by atoms with Gasteiger partial charge in [-0.1, -0.05) is 42.5 Å². The van der Waals surface area contributed by atoms with Gasteiger partial charge in [0.2, 0.25) is 0 Å². The quantitative estimate of drug-likeness (QED) is 0.529. The highest BCUT2D eigenvalue weighted by molar-refractivity contribution is 7.12. The molecule has 1 atom stereocenters. The van der Waals surface area contributed by atoms with Gasteiger partial charge in [-0.2, -0.15) is 0 Å². The highest BCUT2D eigenvalue weighted by Crippen LogP contribution is 2.28. The Morgan fingerprint density at radius 2 is 1.85 bits per heavy atom. The molecule has 0 radical (unpaired) electrons. The molecule has 0 saturated heterocycles. The molecule has 134 valence electrons. The lowest BCUT2D eigenvalue weighted by molar-refractivity contribution is 0.0944. The van der Waals surface area contributed by atoms with Crippen LogP contribution in [0.3, 0.4) is 0 Å². The van der Waals surface area contributed by atoms with Gasteiger partial charge in [0, 0.05) is 23.6 Å². The van der Waals surface area contributed by atoms with Gasteiger partial charge in [0.15, 0.2) is 0 Å². The number of thiophene rings is 1. The predicted molar refractivity (Wildman–Crippen MR) is 109 cm³/mol. The van der Waals surface area contributed by atoms with Crippen LogP contribution in [0.15, 0.2) is 84.8 Å². The first kappa shape index (κ1) is 17.2. The SMILES string of the molecule is CC(NC(=O)c1sccc1-c1ccccc1)c1ccc(-n2ccnc2)cc1. The van der Waals surface area contributed by atoms with Crippen LogP contribution in [0.1, 0.15) is 28.2 Å². The van der Waals surface area contributed by atoms with E-state index >= 15 is 0 Å². The number of carbonyl (C=O) groups excluding carboxylic acids is 1. The highest BCUT2D eigenvalue weighted by atomic mass is 32.1. The van der Waals surface area contributed by atoms with Crippen molar-refractivity contribution in [3.8, 4) is 16.8 Å². The maximum absolute atomic E-state index is 12.8. The number of carbonyl (C=O) groups is 1. The third-order valence-electron chi connectivity index (χ3n) is 4.50. The molecule has 0 aliphatic rings. The minimum atomic E-state index is -0.0833. The molecule has 0 aliphatic carbocycles. The number of nitrogens with one attached hydrogen (secondary N) is 1. The van der Waals surface area contributed by atoms with Crippen LogP contribution in [-0.2, 0) is 0 Å². The second-order valence-electron chi connectivity index (χ2n) is 6.29. The topological polar surface area (TPSA) is 46.9 Å². The van der Waals surface area contributed by atoms with E-state index in [0.29, 0.717) is 0 Å². The maximum Gasteiger partial charge on any atom is 0.262 e. The van der Waals surface area contributed by atoms with E-state index in [1.54, 1.807) is 12.5 Å². The summed E-state index contributed by atoms with van der Waals surface area (Å²) in [5.74, 6) is -0.0463. The molecule has 2 heterocycles. The minimum Gasteiger partial charge on any atom is -0.345 e. The molecular formula is C22H19N3OS. The van der Waals surface area contributed by atoms with E-state index in [1.165, 1.54) is 11.3 Å². The van der Waals surface area contributed by atoms with E-state index in [1.807, 2.05) is 83.7 Å². The Balaban J connectivity index is 1.50. The summed E-state index contributed by atoms with van der Waals surface area (Å²) in [4.78, 5) is 17.6. The summed E-state index contributed by atoms with van der Waals surface area (Å²) in [5, 5.41) is 5.08. The summed E-state index contributed by atoms with van der Waals surface area (Å²) in [5.41, 5.74) is 4.13. The van der Waals surface area contributed by atoms with Crippen LogP contribution in [0.2, 0.25) is 0 Å². The zero-order chi connectivity index (χ0) is 18.6. The number of amides is 1. The molecule has 1 N–H and O–H groups in total. The molecule has 2 aromatic heterocycles. The van der Waals surface area contributed by atoms with Crippen molar-refractivity contribution in [2.75, 3.05) is 0 Å².